The monoisotopic (exact) mass is 647 g/mol. The predicted octanol–water partition coefficient (Wildman–Crippen LogP) is 9.32. The second-order valence-corrected chi connectivity index (χ2v) is 11.6. The van der Waals surface area contributed by atoms with Gasteiger partial charge in [0.1, 0.15) is 11.9 Å². The quantitative estimate of drug-likeness (QED) is 0.259. The number of nitrogens with zero attached hydrogens (tertiary/aromatic N) is 1. The van der Waals surface area contributed by atoms with Crippen molar-refractivity contribution < 1.29 is 50.5 Å². The molecule has 0 radical (unpaired) electrons. The molecule has 244 valence electrons. The van der Waals surface area contributed by atoms with Crippen LogP contribution in [-0.4, -0.2) is 41.8 Å². The van der Waals surface area contributed by atoms with Crippen molar-refractivity contribution in [3.63, 3.8) is 0 Å². The lowest BCUT2D eigenvalue weighted by Gasteiger charge is -2.28. The van der Waals surface area contributed by atoms with Crippen LogP contribution in [0.15, 0.2) is 60.2 Å². The van der Waals surface area contributed by atoms with Crippen LogP contribution in [0.2, 0.25) is 0 Å². The van der Waals surface area contributed by atoms with E-state index in [1.165, 1.54) is 25.0 Å². The molecule has 12 heteroatoms. The molecule has 1 N–H and O–H groups in total. The minimum atomic E-state index is -5.03. The number of amides is 1. The number of rotatable bonds is 7. The number of ether oxygens (including phenoxy) is 2. The lowest BCUT2D eigenvalue weighted by atomic mass is 9.85. The van der Waals surface area contributed by atoms with Gasteiger partial charge < -0.3 is 14.6 Å². The maximum atomic E-state index is 13.5. The van der Waals surface area contributed by atoms with E-state index in [1.54, 1.807) is 12.1 Å². The van der Waals surface area contributed by atoms with Crippen LogP contribution in [0, 0.1) is 6.92 Å². The Kier molecular flexibility index (Phi) is 8.85. The van der Waals surface area contributed by atoms with E-state index in [1.807, 2.05) is 25.1 Å². The Labute approximate surface area is 261 Å². The van der Waals surface area contributed by atoms with Gasteiger partial charge >= 0.3 is 24.4 Å². The number of benzene rings is 3. The Morgan fingerprint density at radius 3 is 2.17 bits per heavy atom. The van der Waals surface area contributed by atoms with Gasteiger partial charge in [0.15, 0.2) is 0 Å². The molecule has 6 nitrogen and oxygen atoms in total. The van der Waals surface area contributed by atoms with Gasteiger partial charge in [-0.25, -0.2) is 9.59 Å². The van der Waals surface area contributed by atoms with Crippen LogP contribution in [-0.2, 0) is 17.1 Å². The third kappa shape index (κ3) is 6.56. The fourth-order valence-corrected chi connectivity index (χ4v) is 6.21. The molecule has 46 heavy (non-hydrogen) atoms. The standard InChI is InChI=1S/C34H31F6NO5/c1-18-12-21(31(42)43)8-10-26(18)20-9-11-29(45-3)28(15-20)27-7-5-4-6-22(27)17-41-19(2)30(46-32(41)44)23-13-24(33(35,36)37)16-25(14-23)34(38,39)40/h8-16,19,30H,4-7,17H2,1-3H3,(H,42,43)/t19-,30-/m0/s1. The zero-order valence-corrected chi connectivity index (χ0v) is 25.2. The Morgan fingerprint density at radius 1 is 0.935 bits per heavy atom. The van der Waals surface area contributed by atoms with Crippen molar-refractivity contribution in [3.05, 3.63) is 93.6 Å². The third-order valence-corrected chi connectivity index (χ3v) is 8.58. The number of cyclic esters (lactones) is 1. The molecule has 0 bridgehead atoms. The summed E-state index contributed by atoms with van der Waals surface area (Å²) in [6, 6.07) is 10.8. The summed E-state index contributed by atoms with van der Waals surface area (Å²) in [4.78, 5) is 25.9. The Balaban J connectivity index is 1.51. The smallest absolute Gasteiger partial charge is 0.416 e. The number of allylic oxidation sites excluding steroid dienone is 1. The minimum Gasteiger partial charge on any atom is -0.496 e. The third-order valence-electron chi connectivity index (χ3n) is 8.58. The van der Waals surface area contributed by atoms with E-state index in [-0.39, 0.29) is 23.7 Å². The summed E-state index contributed by atoms with van der Waals surface area (Å²) in [6.45, 7) is 3.42. The van der Waals surface area contributed by atoms with Gasteiger partial charge in [-0.05, 0) is 115 Å². The van der Waals surface area contributed by atoms with E-state index in [0.717, 1.165) is 46.2 Å². The first-order valence-electron chi connectivity index (χ1n) is 14.6. The molecule has 0 aromatic heterocycles. The van der Waals surface area contributed by atoms with Gasteiger partial charge in [0.2, 0.25) is 0 Å². The molecule has 3 aromatic rings. The van der Waals surface area contributed by atoms with Crippen molar-refractivity contribution in [3.8, 4) is 16.9 Å². The Hall–Kier alpha value is -4.48. The second kappa shape index (κ2) is 12.4. The summed E-state index contributed by atoms with van der Waals surface area (Å²) >= 11 is 0. The zero-order valence-electron chi connectivity index (χ0n) is 25.2. The summed E-state index contributed by atoms with van der Waals surface area (Å²) in [5.74, 6) is -0.454. The average Bonchev–Trinajstić information content (AvgIpc) is 3.28. The number of aromatic carboxylic acids is 1. The van der Waals surface area contributed by atoms with Gasteiger partial charge in [-0.15, -0.1) is 0 Å². The van der Waals surface area contributed by atoms with Gasteiger partial charge in [0.25, 0.3) is 0 Å². The van der Waals surface area contributed by atoms with E-state index in [0.29, 0.717) is 30.7 Å². The Bertz CT molecular complexity index is 1680. The average molecular weight is 648 g/mol. The number of halogens is 6. The van der Waals surface area contributed by atoms with Crippen LogP contribution >= 0.6 is 0 Å². The topological polar surface area (TPSA) is 76.1 Å². The summed E-state index contributed by atoms with van der Waals surface area (Å²) in [5.41, 5.74) is 1.81. The van der Waals surface area contributed by atoms with Crippen molar-refractivity contribution in [1.82, 2.24) is 4.90 Å². The number of hydrogen-bond donors (Lipinski definition) is 1. The van der Waals surface area contributed by atoms with Gasteiger partial charge in [0, 0.05) is 12.1 Å². The molecule has 2 atom stereocenters. The molecular weight excluding hydrogens is 616 g/mol. The maximum Gasteiger partial charge on any atom is 0.416 e. The normalized spacial score (nSPS) is 19.0. The predicted molar refractivity (Wildman–Crippen MR) is 157 cm³/mol. The fourth-order valence-electron chi connectivity index (χ4n) is 6.21. The first-order valence-corrected chi connectivity index (χ1v) is 14.6. The highest BCUT2D eigenvalue weighted by Gasteiger charge is 2.43. The summed E-state index contributed by atoms with van der Waals surface area (Å²) in [5, 5.41) is 9.36. The highest BCUT2D eigenvalue weighted by atomic mass is 19.4. The van der Waals surface area contributed by atoms with Crippen molar-refractivity contribution in [1.29, 1.82) is 0 Å². The number of carboxylic acids is 1. The van der Waals surface area contributed by atoms with E-state index < -0.39 is 47.7 Å². The van der Waals surface area contributed by atoms with Gasteiger partial charge in [-0.3, -0.25) is 4.90 Å². The number of carbonyl (C=O) groups excluding carboxylic acids is 1. The summed E-state index contributed by atoms with van der Waals surface area (Å²) < 4.78 is 92.3. The maximum absolute atomic E-state index is 13.5. The molecule has 3 aromatic carbocycles. The van der Waals surface area contributed by atoms with Gasteiger partial charge in [0.05, 0.1) is 29.8 Å². The van der Waals surface area contributed by atoms with Crippen LogP contribution in [0.1, 0.15) is 76.9 Å². The molecule has 1 heterocycles. The van der Waals surface area contributed by atoms with Crippen molar-refractivity contribution in [2.75, 3.05) is 13.7 Å². The molecular formula is C34H31F6NO5. The number of carbonyl (C=O) groups is 2. The molecule has 0 saturated carbocycles. The number of hydrogen-bond acceptors (Lipinski definition) is 4. The SMILES string of the molecule is COc1ccc(-c2ccc(C(=O)O)cc2C)cc1C1=C(CN2C(=O)O[C@H](c3cc(C(F)(F)F)cc(C(F)(F)F)c3)[C@@H]2C)CCCC1. The highest BCUT2D eigenvalue weighted by molar-refractivity contribution is 5.89. The molecule has 1 amide bonds. The number of aryl methyl sites for hydroxylation is 1. The zero-order chi connectivity index (χ0) is 33.6. The first-order chi connectivity index (χ1) is 21.6. The number of carboxylic acid groups (broad SMARTS) is 1. The lowest BCUT2D eigenvalue weighted by Crippen LogP contribution is -2.34. The molecule has 5 rings (SSSR count). The van der Waals surface area contributed by atoms with Crippen molar-refractivity contribution >= 4 is 17.6 Å². The van der Waals surface area contributed by atoms with Crippen LogP contribution in [0.5, 0.6) is 5.75 Å². The lowest BCUT2D eigenvalue weighted by molar-refractivity contribution is -0.143. The van der Waals surface area contributed by atoms with Gasteiger partial charge in [-0.2, -0.15) is 26.3 Å². The van der Waals surface area contributed by atoms with E-state index in [2.05, 4.69) is 0 Å². The van der Waals surface area contributed by atoms with Crippen molar-refractivity contribution in [2.45, 2.75) is 64.0 Å². The van der Waals surface area contributed by atoms with Crippen LogP contribution in [0.3, 0.4) is 0 Å². The molecule has 1 saturated heterocycles. The van der Waals surface area contributed by atoms with Gasteiger partial charge in [-0.1, -0.05) is 12.1 Å². The Morgan fingerprint density at radius 2 is 1.59 bits per heavy atom. The molecule has 0 unspecified atom stereocenters. The van der Waals surface area contributed by atoms with E-state index in [9.17, 15) is 41.0 Å². The van der Waals surface area contributed by atoms with E-state index in [4.69, 9.17) is 9.47 Å². The summed E-state index contributed by atoms with van der Waals surface area (Å²) in [7, 11) is 1.53. The van der Waals surface area contributed by atoms with E-state index >= 15 is 0 Å². The largest absolute Gasteiger partial charge is 0.496 e. The minimum absolute atomic E-state index is 0.0470. The number of alkyl halides is 6. The molecule has 0 spiro atoms. The molecule has 1 fully saturated rings. The van der Waals surface area contributed by atoms with Crippen molar-refractivity contribution in [2.24, 2.45) is 0 Å². The van der Waals surface area contributed by atoms with Crippen LogP contribution < -0.4 is 4.74 Å². The first kappa shape index (κ1) is 32.9. The number of methoxy groups -OCH3 is 1. The molecule has 2 aliphatic rings. The summed E-state index contributed by atoms with van der Waals surface area (Å²) in [6.07, 6.45) is -9.32. The molecule has 1 aliphatic carbocycles. The fraction of sp³-hybridized carbons (Fsp3) is 0.353. The van der Waals surface area contributed by atoms with Crippen LogP contribution in [0.25, 0.3) is 16.7 Å². The highest BCUT2D eigenvalue weighted by Crippen LogP contribution is 2.43. The van der Waals surface area contributed by atoms with Crippen LogP contribution in [0.4, 0.5) is 31.1 Å². The second-order valence-electron chi connectivity index (χ2n) is 11.6. The molecule has 1 aliphatic heterocycles.